The largest absolute Gasteiger partial charge is 0.493 e. The molecule has 0 unspecified atom stereocenters. The molecule has 2 N–H and O–H groups in total. The fourth-order valence-corrected chi connectivity index (χ4v) is 4.08. The van der Waals surface area contributed by atoms with Gasteiger partial charge in [0.1, 0.15) is 5.75 Å². The Kier molecular flexibility index (Phi) is 7.78. The van der Waals surface area contributed by atoms with Crippen LogP contribution < -0.4 is 24.2 Å². The minimum Gasteiger partial charge on any atom is -0.493 e. The molecule has 3 aromatic rings. The lowest BCUT2D eigenvalue weighted by molar-refractivity contribution is -0.123. The molecule has 0 aliphatic carbocycles. The van der Waals surface area contributed by atoms with E-state index in [1.807, 2.05) is 19.1 Å². The van der Waals surface area contributed by atoms with Crippen LogP contribution >= 0.6 is 0 Å². The van der Waals surface area contributed by atoms with Gasteiger partial charge in [0.15, 0.2) is 18.1 Å². The van der Waals surface area contributed by atoms with Gasteiger partial charge < -0.3 is 19.5 Å². The summed E-state index contributed by atoms with van der Waals surface area (Å²) in [4.78, 5) is 12.2. The molecule has 0 atom stereocenters. The van der Waals surface area contributed by atoms with Crippen molar-refractivity contribution in [2.24, 2.45) is 0 Å². The summed E-state index contributed by atoms with van der Waals surface area (Å²) in [7, 11) is -0.633. The number of carbonyl (C=O) groups is 1. The second-order valence-corrected chi connectivity index (χ2v) is 8.88. The van der Waals surface area contributed by atoms with Crippen LogP contribution in [0.25, 0.3) is 0 Å². The van der Waals surface area contributed by atoms with E-state index >= 15 is 0 Å². The molecule has 0 radical (unpaired) electrons. The molecule has 9 heteroatoms. The van der Waals surface area contributed by atoms with Gasteiger partial charge in [-0.05, 0) is 66.6 Å². The maximum atomic E-state index is 12.6. The van der Waals surface area contributed by atoms with E-state index in [1.54, 1.807) is 44.6 Å². The molecule has 0 saturated heterocycles. The van der Waals surface area contributed by atoms with Gasteiger partial charge in [0, 0.05) is 12.2 Å². The number of anilines is 1. The number of amides is 1. The lowest BCUT2D eigenvalue weighted by atomic mass is 10.2. The minimum atomic E-state index is -3.73. The highest BCUT2D eigenvalue weighted by molar-refractivity contribution is 7.92. The van der Waals surface area contributed by atoms with Crippen molar-refractivity contribution in [2.75, 3.05) is 25.5 Å². The van der Waals surface area contributed by atoms with Crippen molar-refractivity contribution in [3.63, 3.8) is 0 Å². The second-order valence-electron chi connectivity index (χ2n) is 7.20. The molecular formula is C24H26N2O6S. The number of carbonyl (C=O) groups excluding carboxylic acids is 1. The summed E-state index contributed by atoms with van der Waals surface area (Å²) in [5.74, 6) is 1.25. The normalized spacial score (nSPS) is 10.9. The Morgan fingerprint density at radius 2 is 1.64 bits per heavy atom. The highest BCUT2D eigenvalue weighted by atomic mass is 32.2. The predicted octanol–water partition coefficient (Wildman–Crippen LogP) is 3.51. The first-order valence-corrected chi connectivity index (χ1v) is 11.6. The monoisotopic (exact) mass is 470 g/mol. The maximum Gasteiger partial charge on any atom is 0.261 e. The molecule has 0 aromatic heterocycles. The number of benzene rings is 3. The van der Waals surface area contributed by atoms with Crippen LogP contribution in [0.4, 0.5) is 5.69 Å². The van der Waals surface area contributed by atoms with Crippen LogP contribution in [0.2, 0.25) is 0 Å². The first-order valence-electron chi connectivity index (χ1n) is 10.1. The second kappa shape index (κ2) is 10.7. The van der Waals surface area contributed by atoms with E-state index in [0.717, 1.165) is 11.1 Å². The molecule has 0 fully saturated rings. The summed E-state index contributed by atoms with van der Waals surface area (Å²) in [6.07, 6.45) is 0. The maximum absolute atomic E-state index is 12.6. The highest BCUT2D eigenvalue weighted by Gasteiger charge is 2.14. The molecule has 0 spiro atoms. The van der Waals surface area contributed by atoms with Gasteiger partial charge in [-0.2, -0.15) is 0 Å². The molecule has 1 amide bonds. The van der Waals surface area contributed by atoms with E-state index in [1.165, 1.54) is 24.3 Å². The quantitative estimate of drug-likeness (QED) is 0.470. The average Bonchev–Trinajstić information content (AvgIpc) is 2.81. The third kappa shape index (κ3) is 6.63. The van der Waals surface area contributed by atoms with Crippen molar-refractivity contribution in [1.29, 1.82) is 0 Å². The van der Waals surface area contributed by atoms with Gasteiger partial charge in [-0.3, -0.25) is 9.52 Å². The molecule has 174 valence electrons. The van der Waals surface area contributed by atoms with Crippen LogP contribution in [0.15, 0.2) is 71.6 Å². The molecule has 0 saturated carbocycles. The zero-order valence-electron chi connectivity index (χ0n) is 18.6. The molecule has 0 aliphatic rings. The average molecular weight is 471 g/mol. The Morgan fingerprint density at radius 3 is 2.30 bits per heavy atom. The van der Waals surface area contributed by atoms with Gasteiger partial charge in [0.25, 0.3) is 15.9 Å². The summed E-state index contributed by atoms with van der Waals surface area (Å²) < 4.78 is 43.6. The Bertz CT molecular complexity index is 1210. The van der Waals surface area contributed by atoms with Crippen LogP contribution in [-0.2, 0) is 21.4 Å². The van der Waals surface area contributed by atoms with Crippen molar-refractivity contribution in [3.8, 4) is 17.2 Å². The number of nitrogens with one attached hydrogen (secondary N) is 2. The van der Waals surface area contributed by atoms with E-state index < -0.39 is 10.0 Å². The Labute approximate surface area is 193 Å². The van der Waals surface area contributed by atoms with E-state index in [-0.39, 0.29) is 17.4 Å². The third-order valence-corrected chi connectivity index (χ3v) is 6.11. The highest BCUT2D eigenvalue weighted by Crippen LogP contribution is 2.27. The lowest BCUT2D eigenvalue weighted by Gasteiger charge is -2.11. The molecular weight excluding hydrogens is 444 g/mol. The van der Waals surface area contributed by atoms with Crippen molar-refractivity contribution in [3.05, 3.63) is 77.9 Å². The van der Waals surface area contributed by atoms with Crippen molar-refractivity contribution in [1.82, 2.24) is 5.32 Å². The van der Waals surface area contributed by atoms with Crippen LogP contribution in [0.3, 0.4) is 0 Å². The Balaban J connectivity index is 1.52. The number of hydrogen-bond donors (Lipinski definition) is 2. The zero-order valence-corrected chi connectivity index (χ0v) is 19.4. The number of ether oxygens (including phenoxy) is 3. The van der Waals surface area contributed by atoms with E-state index in [9.17, 15) is 13.2 Å². The lowest BCUT2D eigenvalue weighted by Crippen LogP contribution is -2.28. The SMILES string of the molecule is COc1ccc(CNC(=O)COc2ccc(S(=O)(=O)Nc3cccc(C)c3)cc2)cc1OC. The number of rotatable bonds is 10. The minimum absolute atomic E-state index is 0.0919. The molecule has 3 rings (SSSR count). The molecule has 3 aromatic carbocycles. The van der Waals surface area contributed by atoms with Crippen LogP contribution in [0.1, 0.15) is 11.1 Å². The zero-order chi connectivity index (χ0) is 23.8. The van der Waals surface area contributed by atoms with Crippen molar-refractivity contribution in [2.45, 2.75) is 18.4 Å². The first-order chi connectivity index (χ1) is 15.8. The number of aryl methyl sites for hydroxylation is 1. The molecule has 8 nitrogen and oxygen atoms in total. The van der Waals surface area contributed by atoms with Gasteiger partial charge in [0.2, 0.25) is 0 Å². The van der Waals surface area contributed by atoms with Gasteiger partial charge >= 0.3 is 0 Å². The summed E-state index contributed by atoms with van der Waals surface area (Å²) in [6, 6.07) is 18.3. The van der Waals surface area contributed by atoms with E-state index in [4.69, 9.17) is 14.2 Å². The Hall–Kier alpha value is -3.72. The molecule has 33 heavy (non-hydrogen) atoms. The van der Waals surface area contributed by atoms with Gasteiger partial charge in [-0.25, -0.2) is 8.42 Å². The van der Waals surface area contributed by atoms with E-state index in [0.29, 0.717) is 29.5 Å². The predicted molar refractivity (Wildman–Crippen MR) is 125 cm³/mol. The fraction of sp³-hybridized carbons (Fsp3) is 0.208. The van der Waals surface area contributed by atoms with Crippen LogP contribution in [-0.4, -0.2) is 35.2 Å². The smallest absolute Gasteiger partial charge is 0.261 e. The van der Waals surface area contributed by atoms with Crippen LogP contribution in [0.5, 0.6) is 17.2 Å². The standard InChI is InChI=1S/C24H26N2O6S/c1-17-5-4-6-19(13-17)26-33(28,29)21-10-8-20(9-11-21)32-16-24(27)25-15-18-7-12-22(30-2)23(14-18)31-3/h4-14,26H,15-16H2,1-3H3,(H,25,27). The molecule has 0 heterocycles. The van der Waals surface area contributed by atoms with Crippen molar-refractivity contribution >= 4 is 21.6 Å². The molecule has 0 bridgehead atoms. The number of sulfonamides is 1. The van der Waals surface area contributed by atoms with Crippen LogP contribution in [0, 0.1) is 6.92 Å². The first kappa shape index (κ1) is 23.9. The summed E-state index contributed by atoms with van der Waals surface area (Å²) in [5.41, 5.74) is 2.28. The van der Waals surface area contributed by atoms with Crippen molar-refractivity contribution < 1.29 is 27.4 Å². The number of hydrogen-bond acceptors (Lipinski definition) is 6. The fourth-order valence-electron chi connectivity index (χ4n) is 3.03. The third-order valence-electron chi connectivity index (χ3n) is 4.71. The van der Waals surface area contributed by atoms with Gasteiger partial charge in [-0.15, -0.1) is 0 Å². The topological polar surface area (TPSA) is 103 Å². The Morgan fingerprint density at radius 1 is 0.909 bits per heavy atom. The van der Waals surface area contributed by atoms with Gasteiger partial charge in [-0.1, -0.05) is 18.2 Å². The van der Waals surface area contributed by atoms with E-state index in [2.05, 4.69) is 10.0 Å². The number of methoxy groups -OCH3 is 2. The molecule has 0 aliphatic heterocycles. The summed E-state index contributed by atoms with van der Waals surface area (Å²) in [6.45, 7) is 1.97. The summed E-state index contributed by atoms with van der Waals surface area (Å²) in [5, 5.41) is 2.76. The van der Waals surface area contributed by atoms with Gasteiger partial charge in [0.05, 0.1) is 19.1 Å². The summed E-state index contributed by atoms with van der Waals surface area (Å²) >= 11 is 0.